The van der Waals surface area contributed by atoms with Gasteiger partial charge < -0.3 is 43.8 Å². The molecule has 0 spiro atoms. The van der Waals surface area contributed by atoms with Gasteiger partial charge in [0.1, 0.15) is 29.3 Å². The first-order valence-electron chi connectivity index (χ1n) is 22.9. The number of ether oxygens (including phenoxy) is 1. The summed E-state index contributed by atoms with van der Waals surface area (Å²) in [5.74, 6) is 2.68. The number of aryl methyl sites for hydroxylation is 2. The highest BCUT2D eigenvalue weighted by Gasteiger charge is 2.37. The minimum absolute atomic E-state index is 0. The minimum atomic E-state index is -0.624. The van der Waals surface area contributed by atoms with Crippen molar-refractivity contribution >= 4 is 44.9 Å². The summed E-state index contributed by atoms with van der Waals surface area (Å²) < 4.78 is 20.6. The molecule has 3 N–H and O–H groups in total. The maximum absolute atomic E-state index is 13.8. The van der Waals surface area contributed by atoms with Gasteiger partial charge in [-0.2, -0.15) is 37.0 Å². The largest absolute Gasteiger partial charge is 0.444 e. The molecule has 2 atom stereocenters. The summed E-state index contributed by atoms with van der Waals surface area (Å²) in [7, 11) is 0. The van der Waals surface area contributed by atoms with Gasteiger partial charge in [-0.3, -0.25) is 9.59 Å². The Bertz CT molecular complexity index is 2680. The van der Waals surface area contributed by atoms with Crippen LogP contribution in [0.4, 0.5) is 4.79 Å². The number of hydrogen-bond donors (Lipinski definition) is 3. The van der Waals surface area contributed by atoms with Crippen molar-refractivity contribution in [3.8, 4) is 22.8 Å². The summed E-state index contributed by atoms with van der Waals surface area (Å²) in [6, 6.07) is 18.8. The molecule has 20 heteroatoms. The smallest absolute Gasteiger partial charge is 0.410 e. The van der Waals surface area contributed by atoms with E-state index in [9.17, 15) is 14.4 Å². The second-order valence-electron chi connectivity index (χ2n) is 20.2. The Kier molecular flexibility index (Phi) is 17.3. The third-order valence-electron chi connectivity index (χ3n) is 11.3. The second kappa shape index (κ2) is 22.2. The van der Waals surface area contributed by atoms with Gasteiger partial charge >= 0.3 is 6.09 Å². The Balaban J connectivity index is 0.000000255. The van der Waals surface area contributed by atoms with Crippen LogP contribution in [-0.2, 0) is 30.9 Å². The van der Waals surface area contributed by atoms with Crippen LogP contribution < -0.4 is 16.0 Å². The maximum atomic E-state index is 13.8. The van der Waals surface area contributed by atoms with Gasteiger partial charge in [0.25, 0.3) is 11.8 Å². The number of nitrogens with one attached hydrogen (secondary N) is 3. The molecule has 0 radical (unpaired) electrons. The van der Waals surface area contributed by atoms with E-state index in [1.165, 1.54) is 0 Å². The molecule has 2 aromatic carbocycles. The van der Waals surface area contributed by atoms with E-state index in [1.54, 1.807) is 18.7 Å². The predicted octanol–water partition coefficient (Wildman–Crippen LogP) is 8.38. The molecule has 18 nitrogen and oxygen atoms in total. The first-order chi connectivity index (χ1) is 31.7. The third-order valence-corrected chi connectivity index (χ3v) is 11.3. The normalized spacial score (nSPS) is 14.7. The van der Waals surface area contributed by atoms with E-state index in [0.29, 0.717) is 66.7 Å². The standard InChI is InChI=1S/C27H36N6O4.C22H28N6O2.2H2S/c1-17-28-24(37-31-17)21(26(2,3)4)30-23(34)20-19-16-32(25(35)36-27(5,6)7)14-11-15-33(19)22(29-20)18-12-9-8-10-13-18;1-14-24-21(30-27-14)18(22(2,3)4)26-20(29)17-16-13-23-11-8-12-28(16)19(25-17)15-9-6-5-7-10-15;;/h8-10,12-13,21H,11,14-16H2,1-7H3,(H,30,34);5-7,9-10,18,23H,8,11-13H2,1-4H3,(H,26,29);2*1H2/t21-;18-;;/m11../s1. The van der Waals surface area contributed by atoms with Gasteiger partial charge in [-0.15, -0.1) is 0 Å². The quantitative estimate of drug-likeness (QED) is 0.131. The Hall–Kier alpha value is -5.99. The van der Waals surface area contributed by atoms with Crippen molar-refractivity contribution in [3.05, 3.63) is 107 Å². The van der Waals surface area contributed by atoms with Crippen LogP contribution >= 0.6 is 27.0 Å². The first kappa shape index (κ1) is 54.0. The topological polar surface area (TPSA) is 213 Å². The zero-order valence-corrected chi connectivity index (χ0v) is 43.6. The molecule has 2 aliphatic heterocycles. The molecule has 3 amide bonds. The van der Waals surface area contributed by atoms with E-state index in [4.69, 9.17) is 23.8 Å². The highest BCUT2D eigenvalue weighted by Crippen LogP contribution is 2.35. The molecule has 6 aromatic rings. The highest BCUT2D eigenvalue weighted by molar-refractivity contribution is 7.59. The molecule has 372 valence electrons. The van der Waals surface area contributed by atoms with Crippen molar-refractivity contribution in [1.29, 1.82) is 0 Å². The maximum Gasteiger partial charge on any atom is 0.410 e. The lowest BCUT2D eigenvalue weighted by molar-refractivity contribution is 0.0235. The summed E-state index contributed by atoms with van der Waals surface area (Å²) in [5.41, 5.74) is 2.82. The zero-order chi connectivity index (χ0) is 48.3. The van der Waals surface area contributed by atoms with E-state index in [1.807, 2.05) is 128 Å². The van der Waals surface area contributed by atoms with Gasteiger partial charge in [0, 0.05) is 37.3 Å². The molecule has 4 aromatic heterocycles. The van der Waals surface area contributed by atoms with Crippen LogP contribution in [0.2, 0.25) is 0 Å². The number of benzene rings is 2. The number of hydrogen-bond acceptors (Lipinski definition) is 13. The van der Waals surface area contributed by atoms with Crippen molar-refractivity contribution in [1.82, 2.24) is 60.2 Å². The zero-order valence-electron chi connectivity index (χ0n) is 41.6. The van der Waals surface area contributed by atoms with Crippen molar-refractivity contribution in [2.24, 2.45) is 10.8 Å². The van der Waals surface area contributed by atoms with E-state index in [2.05, 4.69) is 40.8 Å². The van der Waals surface area contributed by atoms with Gasteiger partial charge in [-0.25, -0.2) is 14.8 Å². The number of carbonyl (C=O) groups excluding carboxylic acids is 3. The van der Waals surface area contributed by atoms with Gasteiger partial charge in [0.2, 0.25) is 11.8 Å². The third kappa shape index (κ3) is 13.0. The minimum Gasteiger partial charge on any atom is -0.444 e. The average Bonchev–Trinajstić information content (AvgIpc) is 3.99. The van der Waals surface area contributed by atoms with E-state index in [-0.39, 0.29) is 56.5 Å². The SMILES string of the molecule is Cc1noc([C@@H](NC(=O)c2nc(-c3ccccc3)n3c2CN(C(=O)OC(C)(C)C)CCC3)C(C)(C)C)n1.Cc1noc([C@@H](NC(=O)c2nc(-c3ccccc3)n3c2CNCCC3)C(C)(C)C)n1.S.S. The summed E-state index contributed by atoms with van der Waals surface area (Å²) in [6.07, 6.45) is 1.27. The molecule has 8 rings (SSSR count). The van der Waals surface area contributed by atoms with Gasteiger partial charge in [0.05, 0.1) is 17.9 Å². The summed E-state index contributed by atoms with van der Waals surface area (Å²) in [4.78, 5) is 60.1. The van der Waals surface area contributed by atoms with Crippen molar-refractivity contribution in [2.75, 3.05) is 13.1 Å². The molecule has 0 unspecified atom stereocenters. The van der Waals surface area contributed by atoms with E-state index < -0.39 is 29.2 Å². The van der Waals surface area contributed by atoms with Crippen LogP contribution in [0, 0.1) is 24.7 Å². The lowest BCUT2D eigenvalue weighted by Crippen LogP contribution is -2.39. The molecule has 0 saturated heterocycles. The number of fused-ring (bicyclic) bond motifs is 2. The molecule has 0 aliphatic carbocycles. The lowest BCUT2D eigenvalue weighted by Gasteiger charge is -2.28. The van der Waals surface area contributed by atoms with Crippen LogP contribution in [0.1, 0.15) is 143 Å². The molecular formula is C49H68N12O6S2. The number of rotatable bonds is 8. The van der Waals surface area contributed by atoms with Crippen molar-refractivity contribution in [2.45, 2.75) is 133 Å². The monoisotopic (exact) mass is 984 g/mol. The van der Waals surface area contributed by atoms with Crippen molar-refractivity contribution < 1.29 is 28.2 Å². The number of imidazole rings is 2. The van der Waals surface area contributed by atoms with Gasteiger partial charge in [-0.05, 0) is 64.8 Å². The first-order valence-corrected chi connectivity index (χ1v) is 22.9. The van der Waals surface area contributed by atoms with Crippen LogP contribution in [0.25, 0.3) is 22.8 Å². The number of carbonyl (C=O) groups is 3. The Labute approximate surface area is 418 Å². The summed E-state index contributed by atoms with van der Waals surface area (Å²) in [5, 5.41) is 17.4. The number of nitrogens with zero attached hydrogens (tertiary/aromatic N) is 9. The fraction of sp³-hybridized carbons (Fsp3) is 0.490. The fourth-order valence-electron chi connectivity index (χ4n) is 8.06. The van der Waals surface area contributed by atoms with Crippen LogP contribution in [0.5, 0.6) is 0 Å². The van der Waals surface area contributed by atoms with Crippen LogP contribution in [-0.4, -0.2) is 80.9 Å². The van der Waals surface area contributed by atoms with E-state index in [0.717, 1.165) is 42.2 Å². The van der Waals surface area contributed by atoms with E-state index >= 15 is 0 Å². The predicted molar refractivity (Wildman–Crippen MR) is 271 cm³/mol. The van der Waals surface area contributed by atoms with Crippen molar-refractivity contribution in [3.63, 3.8) is 0 Å². The molecule has 0 saturated carbocycles. The molecular weight excluding hydrogens is 917 g/mol. The Morgan fingerprint density at radius 1 is 0.638 bits per heavy atom. The van der Waals surface area contributed by atoms with Crippen LogP contribution in [0.3, 0.4) is 0 Å². The van der Waals surface area contributed by atoms with Gasteiger partial charge in [-0.1, -0.05) is 113 Å². The average molecular weight is 985 g/mol. The second-order valence-corrected chi connectivity index (χ2v) is 20.2. The molecule has 0 bridgehead atoms. The van der Waals surface area contributed by atoms with Gasteiger partial charge in [0.15, 0.2) is 23.0 Å². The number of aromatic nitrogens is 8. The summed E-state index contributed by atoms with van der Waals surface area (Å²) in [6.45, 7) is 24.7. The molecule has 2 aliphatic rings. The Morgan fingerprint density at radius 2 is 1.09 bits per heavy atom. The molecule has 6 heterocycles. The Morgan fingerprint density at radius 3 is 1.52 bits per heavy atom. The summed E-state index contributed by atoms with van der Waals surface area (Å²) >= 11 is 0. The lowest BCUT2D eigenvalue weighted by atomic mass is 9.86. The number of amides is 3. The highest BCUT2D eigenvalue weighted by atomic mass is 32.1. The molecule has 69 heavy (non-hydrogen) atoms. The fourth-order valence-corrected chi connectivity index (χ4v) is 8.06. The molecule has 0 fully saturated rings. The van der Waals surface area contributed by atoms with Crippen LogP contribution in [0.15, 0.2) is 69.7 Å².